The summed E-state index contributed by atoms with van der Waals surface area (Å²) in [5.74, 6) is -0.501. The van der Waals surface area contributed by atoms with Crippen LogP contribution in [-0.2, 0) is 43.2 Å². The molecule has 1 heterocycles. The Morgan fingerprint density at radius 1 is 1.05 bits per heavy atom. The molecule has 2 aromatic rings. The molecule has 39 heavy (non-hydrogen) atoms. The molecule has 0 fully saturated rings. The van der Waals surface area contributed by atoms with Gasteiger partial charge in [0.1, 0.15) is 25.5 Å². The van der Waals surface area contributed by atoms with Gasteiger partial charge in [-0.25, -0.2) is 13.8 Å². The Labute approximate surface area is 239 Å². The van der Waals surface area contributed by atoms with Gasteiger partial charge < -0.3 is 24.3 Å². The molecule has 9 nitrogen and oxygen atoms in total. The smallest absolute Gasteiger partial charge is 0.253 e. The Balaban J connectivity index is 0.000000276. The number of amides is 1. The summed E-state index contributed by atoms with van der Waals surface area (Å²) in [5, 5.41) is 12.2. The van der Waals surface area contributed by atoms with Crippen molar-refractivity contribution in [2.75, 3.05) is 13.3 Å². The number of carbonyl (C=O) groups excluding carboxylic acids is 1. The van der Waals surface area contributed by atoms with E-state index in [9.17, 15) is 36.2 Å². The molecular formula is C24H26Cl2F2N2O7S2-2. The molecule has 0 spiro atoms. The number of alkyl halides is 4. The number of nitrogens with zero attached hydrogens (tertiary/aromatic N) is 1. The second kappa shape index (κ2) is 16.3. The van der Waals surface area contributed by atoms with Gasteiger partial charge in [-0.2, -0.15) is 0 Å². The number of hydrogen-bond acceptors (Lipinski definition) is 8. The number of aliphatic hydroxyl groups is 1. The molecule has 0 aliphatic carbocycles. The Morgan fingerprint density at radius 3 is 2.00 bits per heavy atom. The zero-order valence-electron chi connectivity index (χ0n) is 20.5. The lowest BCUT2D eigenvalue weighted by Gasteiger charge is -2.22. The number of rotatable bonds is 11. The van der Waals surface area contributed by atoms with E-state index in [0.717, 1.165) is 5.56 Å². The Kier molecular flexibility index (Phi) is 13.9. The summed E-state index contributed by atoms with van der Waals surface area (Å²) in [7, 11) is 0. The van der Waals surface area contributed by atoms with Crippen molar-refractivity contribution in [1.82, 2.24) is 5.32 Å². The van der Waals surface area contributed by atoms with Crippen LogP contribution >= 0.6 is 23.2 Å². The molecule has 2 N–H and O–H groups in total. The summed E-state index contributed by atoms with van der Waals surface area (Å²) in [6.07, 6.45) is -1.72. The summed E-state index contributed by atoms with van der Waals surface area (Å²) in [6.45, 7) is 0.103. The molecule has 216 valence electrons. The third-order valence-electron chi connectivity index (χ3n) is 5.42. The molecule has 6 atom stereocenters. The van der Waals surface area contributed by atoms with Gasteiger partial charge in [0.25, 0.3) is 5.91 Å². The molecule has 15 heteroatoms. The fourth-order valence-corrected chi connectivity index (χ4v) is 4.62. The molecule has 0 saturated heterocycles. The highest BCUT2D eigenvalue weighted by molar-refractivity contribution is 7.78. The molecule has 2 aromatic carbocycles. The maximum Gasteiger partial charge on any atom is 0.253 e. The monoisotopic (exact) mass is 626 g/mol. The first kappa shape index (κ1) is 33.2. The maximum atomic E-state index is 12.9. The molecule has 0 bridgehead atoms. The van der Waals surface area contributed by atoms with Gasteiger partial charge in [-0.05, 0) is 22.3 Å². The molecule has 0 radical (unpaired) electrons. The highest BCUT2D eigenvalue weighted by Gasteiger charge is 2.30. The van der Waals surface area contributed by atoms with Crippen LogP contribution in [0.25, 0.3) is 0 Å². The quantitative estimate of drug-likeness (QED) is 0.287. The summed E-state index contributed by atoms with van der Waals surface area (Å²) < 4.78 is 73.4. The van der Waals surface area contributed by atoms with E-state index in [1.165, 1.54) is 24.3 Å². The van der Waals surface area contributed by atoms with E-state index >= 15 is 0 Å². The molecule has 0 aromatic heterocycles. The van der Waals surface area contributed by atoms with Crippen LogP contribution in [0.2, 0.25) is 0 Å². The highest BCUT2D eigenvalue weighted by Crippen LogP contribution is 2.29. The van der Waals surface area contributed by atoms with E-state index in [2.05, 4.69) is 10.3 Å². The summed E-state index contributed by atoms with van der Waals surface area (Å²) in [6, 6.07) is 11.1. The Bertz CT molecular complexity index is 1160. The fourth-order valence-electron chi connectivity index (χ4n) is 3.57. The van der Waals surface area contributed by atoms with Crippen LogP contribution in [0.4, 0.5) is 8.78 Å². The summed E-state index contributed by atoms with van der Waals surface area (Å²) in [4.78, 5) is 14.0. The third-order valence-corrected chi connectivity index (χ3v) is 6.96. The molecule has 1 aliphatic heterocycles. The molecule has 1 aliphatic rings. The van der Waals surface area contributed by atoms with Crippen molar-refractivity contribution in [2.45, 2.75) is 47.6 Å². The molecule has 2 unspecified atom stereocenters. The van der Waals surface area contributed by atoms with Crippen molar-refractivity contribution in [2.24, 2.45) is 4.99 Å². The second-order valence-corrected chi connectivity index (χ2v) is 11.2. The van der Waals surface area contributed by atoms with E-state index in [-0.39, 0.29) is 11.5 Å². The first-order chi connectivity index (χ1) is 18.4. The Hall–Kier alpha value is -2.00. The zero-order chi connectivity index (χ0) is 29.1. The van der Waals surface area contributed by atoms with E-state index < -0.39 is 70.5 Å². The minimum atomic E-state index is -2.22. The molecule has 1 amide bonds. The van der Waals surface area contributed by atoms with Crippen LogP contribution in [0, 0.1) is 0 Å². The van der Waals surface area contributed by atoms with Gasteiger partial charge in [-0.15, -0.1) is 0 Å². The number of carbonyl (C=O) groups is 1. The standard InChI is InChI=1S/C12H14Cl2FNO4S.C12H14FNO3S/c13-11(14)12(18)16-9(5-15)10(17)8-3-1-7(2-4-8)6-21(19)20;1-8-14-11(6-13)12(17-8)10-4-2-9(3-5-10)7-18(15)16/h1-4,9-11,17H,5-6H2,(H,16,18)(H,19,20);2-5,11-12H,6-7H2,1H3,(H,15,16)/p-2/t9-,10-;11-,12-/m11/s1. The van der Waals surface area contributed by atoms with Crippen molar-refractivity contribution < 1.29 is 40.9 Å². The van der Waals surface area contributed by atoms with Gasteiger partial charge in [-0.1, -0.05) is 93.9 Å². The van der Waals surface area contributed by atoms with Crippen molar-refractivity contribution in [3.05, 3.63) is 70.8 Å². The van der Waals surface area contributed by atoms with Crippen molar-refractivity contribution in [3.63, 3.8) is 0 Å². The highest BCUT2D eigenvalue weighted by atomic mass is 35.5. The minimum absolute atomic E-state index is 0.0200. The van der Waals surface area contributed by atoms with Crippen molar-refractivity contribution >= 4 is 57.2 Å². The van der Waals surface area contributed by atoms with Gasteiger partial charge in [-0.3, -0.25) is 13.2 Å². The van der Waals surface area contributed by atoms with Crippen LogP contribution in [-0.4, -0.2) is 64.7 Å². The number of ether oxygens (including phenoxy) is 1. The van der Waals surface area contributed by atoms with Gasteiger partial charge in [0, 0.05) is 18.4 Å². The lowest BCUT2D eigenvalue weighted by atomic mass is 10.0. The first-order valence-electron chi connectivity index (χ1n) is 11.3. The van der Waals surface area contributed by atoms with E-state index in [4.69, 9.17) is 27.9 Å². The molecule has 3 rings (SSSR count). The third kappa shape index (κ3) is 10.8. The lowest BCUT2D eigenvalue weighted by molar-refractivity contribution is -0.121. The predicted molar refractivity (Wildman–Crippen MR) is 143 cm³/mol. The van der Waals surface area contributed by atoms with E-state index in [1.807, 2.05) is 0 Å². The fraction of sp³-hybridized carbons (Fsp3) is 0.417. The summed E-state index contributed by atoms with van der Waals surface area (Å²) in [5.41, 5.74) is 2.36. The Morgan fingerprint density at radius 2 is 1.56 bits per heavy atom. The van der Waals surface area contributed by atoms with Crippen molar-refractivity contribution in [3.8, 4) is 0 Å². The van der Waals surface area contributed by atoms with Gasteiger partial charge in [0.05, 0.1) is 6.04 Å². The predicted octanol–water partition coefficient (Wildman–Crippen LogP) is 3.25. The van der Waals surface area contributed by atoms with Crippen LogP contribution in [0.1, 0.15) is 41.4 Å². The molecule has 0 saturated carbocycles. The number of hydrogen-bond donors (Lipinski definition) is 2. The number of aliphatic hydroxyl groups excluding tert-OH is 1. The first-order valence-corrected chi connectivity index (χ1v) is 14.7. The maximum absolute atomic E-state index is 12.9. The summed E-state index contributed by atoms with van der Waals surface area (Å²) >= 11 is 6.36. The average molecular weight is 628 g/mol. The van der Waals surface area contributed by atoms with E-state index in [1.54, 1.807) is 31.2 Å². The second-order valence-electron chi connectivity index (χ2n) is 8.30. The van der Waals surface area contributed by atoms with Gasteiger partial charge >= 0.3 is 0 Å². The van der Waals surface area contributed by atoms with Crippen LogP contribution in [0.5, 0.6) is 0 Å². The van der Waals surface area contributed by atoms with E-state index in [0.29, 0.717) is 22.6 Å². The van der Waals surface area contributed by atoms with Gasteiger partial charge in [0.15, 0.2) is 16.8 Å². The number of halogens is 4. The lowest BCUT2D eigenvalue weighted by Crippen LogP contribution is -2.43. The zero-order valence-corrected chi connectivity index (χ0v) is 23.7. The van der Waals surface area contributed by atoms with Crippen LogP contribution < -0.4 is 5.32 Å². The van der Waals surface area contributed by atoms with Crippen LogP contribution in [0.15, 0.2) is 53.5 Å². The topological polar surface area (TPSA) is 151 Å². The SMILES string of the molecule is CC1=N[C@H](CF)[C@@H](c2ccc(CS(=O)[O-])cc2)O1.O=C(N[C@H](CF)[C@H](O)c1ccc(CS(=O)[O-])cc1)C(Cl)Cl. The minimum Gasteiger partial charge on any atom is -0.772 e. The largest absolute Gasteiger partial charge is 0.772 e. The van der Waals surface area contributed by atoms with Gasteiger partial charge in [0.2, 0.25) is 0 Å². The molecular weight excluding hydrogens is 601 g/mol. The number of nitrogens with one attached hydrogen (secondary N) is 1. The van der Waals surface area contributed by atoms with Crippen molar-refractivity contribution in [1.29, 1.82) is 0 Å². The average Bonchev–Trinajstić information content (AvgIpc) is 3.28. The number of aliphatic imine (C=N–C) groups is 1. The normalized spacial score (nSPS) is 19.7. The van der Waals surface area contributed by atoms with Crippen LogP contribution in [0.3, 0.4) is 0 Å². The number of benzene rings is 2.